The zero-order chi connectivity index (χ0) is 10.7. The van der Waals surface area contributed by atoms with Gasteiger partial charge in [0.25, 0.3) is 0 Å². The first-order valence-electron chi connectivity index (χ1n) is 5.00. The third kappa shape index (κ3) is 1.97. The molecule has 1 aromatic heterocycles. The first-order valence-corrected chi connectivity index (χ1v) is 5.00. The predicted molar refractivity (Wildman–Crippen MR) is 59.3 cm³/mol. The quantitative estimate of drug-likeness (QED) is 0.834. The molecule has 0 aliphatic heterocycles. The van der Waals surface area contributed by atoms with E-state index in [0.29, 0.717) is 18.5 Å². The average Bonchev–Trinajstić information content (AvgIpc) is 2.28. The molecule has 0 bridgehead atoms. The second-order valence-corrected chi connectivity index (χ2v) is 3.47. The number of halogens is 1. The van der Waals surface area contributed by atoms with E-state index in [1.54, 1.807) is 12.3 Å². The van der Waals surface area contributed by atoms with Crippen LogP contribution in [-0.2, 0) is 0 Å². The molecule has 3 heteroatoms. The number of hydrogen-bond donors (Lipinski definition) is 1. The second-order valence-electron chi connectivity index (χ2n) is 3.47. The van der Waals surface area contributed by atoms with E-state index in [2.05, 4.69) is 4.98 Å². The molecule has 1 heterocycles. The van der Waals surface area contributed by atoms with E-state index < -0.39 is 6.17 Å². The number of para-hydroxylation sites is 1. The summed E-state index contributed by atoms with van der Waals surface area (Å²) in [6.07, 6.45) is 1.00. The van der Waals surface area contributed by atoms with Crippen molar-refractivity contribution in [2.75, 3.05) is 6.54 Å². The van der Waals surface area contributed by atoms with Gasteiger partial charge in [0.1, 0.15) is 6.17 Å². The zero-order valence-electron chi connectivity index (χ0n) is 8.36. The summed E-state index contributed by atoms with van der Waals surface area (Å²) in [6, 6.07) is 9.34. The average molecular weight is 204 g/mol. The minimum Gasteiger partial charge on any atom is -0.330 e. The Labute approximate surface area is 87.9 Å². The van der Waals surface area contributed by atoms with E-state index in [1.165, 1.54) is 0 Å². The molecule has 2 aromatic rings. The number of pyridine rings is 1. The standard InChI is InChI=1S/C12H13FN2/c13-11(6-7-14)10-5-1-3-9-4-2-8-15-12(9)10/h1-5,8,11H,6-7,14H2. The zero-order valence-corrected chi connectivity index (χ0v) is 8.36. The molecular weight excluding hydrogens is 191 g/mol. The molecule has 78 valence electrons. The van der Waals surface area contributed by atoms with Gasteiger partial charge in [0.05, 0.1) is 5.52 Å². The maximum absolute atomic E-state index is 13.7. The molecule has 0 radical (unpaired) electrons. The Morgan fingerprint density at radius 3 is 2.87 bits per heavy atom. The van der Waals surface area contributed by atoms with Gasteiger partial charge in [-0.1, -0.05) is 24.3 Å². The Balaban J connectivity index is 2.50. The topological polar surface area (TPSA) is 38.9 Å². The lowest BCUT2D eigenvalue weighted by molar-refractivity contribution is 0.329. The van der Waals surface area contributed by atoms with Gasteiger partial charge in [-0.15, -0.1) is 0 Å². The van der Waals surface area contributed by atoms with Crippen molar-refractivity contribution < 1.29 is 4.39 Å². The van der Waals surface area contributed by atoms with E-state index in [9.17, 15) is 4.39 Å². The Morgan fingerprint density at radius 2 is 2.07 bits per heavy atom. The highest BCUT2D eigenvalue weighted by molar-refractivity contribution is 5.81. The van der Waals surface area contributed by atoms with Gasteiger partial charge in [-0.3, -0.25) is 4.98 Å². The summed E-state index contributed by atoms with van der Waals surface area (Å²) in [7, 11) is 0. The first kappa shape index (κ1) is 10.1. The van der Waals surface area contributed by atoms with Crippen LogP contribution < -0.4 is 5.73 Å². The summed E-state index contributed by atoms with van der Waals surface area (Å²) in [4.78, 5) is 4.20. The smallest absolute Gasteiger partial charge is 0.128 e. The fourth-order valence-corrected chi connectivity index (χ4v) is 1.68. The lowest BCUT2D eigenvalue weighted by Crippen LogP contribution is -2.04. The van der Waals surface area contributed by atoms with Gasteiger partial charge in [0.15, 0.2) is 0 Å². The molecule has 15 heavy (non-hydrogen) atoms. The molecule has 0 fully saturated rings. The molecule has 2 rings (SSSR count). The number of fused-ring (bicyclic) bond motifs is 1. The maximum atomic E-state index is 13.7. The number of nitrogens with two attached hydrogens (primary N) is 1. The summed E-state index contributed by atoms with van der Waals surface area (Å²) in [5.41, 5.74) is 6.72. The fraction of sp³-hybridized carbons (Fsp3) is 0.250. The first-order chi connectivity index (χ1) is 7.33. The molecule has 0 aliphatic rings. The Hall–Kier alpha value is -1.48. The number of alkyl halides is 1. The van der Waals surface area contributed by atoms with E-state index in [1.807, 2.05) is 24.3 Å². The molecule has 0 spiro atoms. The van der Waals surface area contributed by atoms with E-state index in [4.69, 9.17) is 5.73 Å². The van der Waals surface area contributed by atoms with Crippen LogP contribution in [0.2, 0.25) is 0 Å². The summed E-state index contributed by atoms with van der Waals surface area (Å²) in [5, 5.41) is 0.967. The van der Waals surface area contributed by atoms with Crippen molar-refractivity contribution in [2.24, 2.45) is 5.73 Å². The molecule has 1 unspecified atom stereocenters. The van der Waals surface area contributed by atoms with Crippen molar-refractivity contribution in [3.63, 3.8) is 0 Å². The van der Waals surface area contributed by atoms with Crippen LogP contribution in [-0.4, -0.2) is 11.5 Å². The Morgan fingerprint density at radius 1 is 1.27 bits per heavy atom. The minimum atomic E-state index is -1.02. The number of rotatable bonds is 3. The number of benzene rings is 1. The molecule has 1 aromatic carbocycles. The fourth-order valence-electron chi connectivity index (χ4n) is 1.68. The van der Waals surface area contributed by atoms with Crippen LogP contribution in [0, 0.1) is 0 Å². The van der Waals surface area contributed by atoms with Gasteiger partial charge in [0.2, 0.25) is 0 Å². The maximum Gasteiger partial charge on any atom is 0.128 e. The molecule has 0 saturated carbocycles. The lowest BCUT2D eigenvalue weighted by atomic mass is 10.0. The van der Waals surface area contributed by atoms with Gasteiger partial charge < -0.3 is 5.73 Å². The largest absolute Gasteiger partial charge is 0.330 e. The van der Waals surface area contributed by atoms with E-state index >= 15 is 0 Å². The van der Waals surface area contributed by atoms with Crippen molar-refractivity contribution >= 4 is 10.9 Å². The monoisotopic (exact) mass is 204 g/mol. The molecule has 1 atom stereocenters. The van der Waals surface area contributed by atoms with Crippen molar-refractivity contribution in [1.82, 2.24) is 4.98 Å². The molecule has 0 saturated heterocycles. The molecular formula is C12H13FN2. The predicted octanol–water partition coefficient (Wildman–Crippen LogP) is 2.59. The third-order valence-electron chi connectivity index (χ3n) is 2.42. The van der Waals surface area contributed by atoms with Crippen molar-refractivity contribution in [1.29, 1.82) is 0 Å². The number of aromatic nitrogens is 1. The van der Waals surface area contributed by atoms with Gasteiger partial charge >= 0.3 is 0 Å². The van der Waals surface area contributed by atoms with Gasteiger partial charge in [-0.25, -0.2) is 4.39 Å². The SMILES string of the molecule is NCCC(F)c1cccc2cccnc12. The van der Waals surface area contributed by atoms with Crippen LogP contribution >= 0.6 is 0 Å². The molecule has 2 nitrogen and oxygen atoms in total. The normalized spacial score (nSPS) is 12.9. The Kier molecular flexibility index (Phi) is 2.92. The van der Waals surface area contributed by atoms with E-state index in [-0.39, 0.29) is 0 Å². The van der Waals surface area contributed by atoms with Crippen molar-refractivity contribution in [2.45, 2.75) is 12.6 Å². The second kappa shape index (κ2) is 4.36. The van der Waals surface area contributed by atoms with Crippen LogP contribution in [0.4, 0.5) is 4.39 Å². The highest BCUT2D eigenvalue weighted by atomic mass is 19.1. The highest BCUT2D eigenvalue weighted by Crippen LogP contribution is 2.26. The van der Waals surface area contributed by atoms with Gasteiger partial charge in [0, 0.05) is 17.1 Å². The summed E-state index contributed by atoms with van der Waals surface area (Å²) in [5.74, 6) is 0. The highest BCUT2D eigenvalue weighted by Gasteiger charge is 2.12. The minimum absolute atomic E-state index is 0.343. The molecule has 0 aliphatic carbocycles. The summed E-state index contributed by atoms with van der Waals surface area (Å²) < 4.78 is 13.7. The van der Waals surface area contributed by atoms with Crippen LogP contribution in [0.25, 0.3) is 10.9 Å². The van der Waals surface area contributed by atoms with Crippen LogP contribution in [0.1, 0.15) is 18.2 Å². The van der Waals surface area contributed by atoms with Crippen LogP contribution in [0.3, 0.4) is 0 Å². The summed E-state index contributed by atoms with van der Waals surface area (Å²) in [6.45, 7) is 0.352. The summed E-state index contributed by atoms with van der Waals surface area (Å²) >= 11 is 0. The van der Waals surface area contributed by atoms with Crippen molar-refractivity contribution in [3.8, 4) is 0 Å². The molecule has 2 N–H and O–H groups in total. The van der Waals surface area contributed by atoms with Gasteiger partial charge in [-0.05, 0) is 19.0 Å². The van der Waals surface area contributed by atoms with Crippen LogP contribution in [0.5, 0.6) is 0 Å². The Bertz CT molecular complexity index is 451. The van der Waals surface area contributed by atoms with E-state index in [0.717, 1.165) is 10.9 Å². The van der Waals surface area contributed by atoms with Gasteiger partial charge in [-0.2, -0.15) is 0 Å². The van der Waals surface area contributed by atoms with Crippen LogP contribution in [0.15, 0.2) is 36.5 Å². The third-order valence-corrected chi connectivity index (χ3v) is 2.42. The number of nitrogens with zero attached hydrogens (tertiary/aromatic N) is 1. The molecule has 0 amide bonds. The van der Waals surface area contributed by atoms with Crippen molar-refractivity contribution in [3.05, 3.63) is 42.1 Å². The lowest BCUT2D eigenvalue weighted by Gasteiger charge is -2.09. The number of hydrogen-bond acceptors (Lipinski definition) is 2.